The number of nitrogens with zero attached hydrogens (tertiary/aromatic N) is 2. The van der Waals surface area contributed by atoms with Gasteiger partial charge >= 0.3 is 0 Å². The van der Waals surface area contributed by atoms with E-state index in [1.807, 2.05) is 24.3 Å². The molecule has 1 aromatic carbocycles. The van der Waals surface area contributed by atoms with E-state index in [1.165, 1.54) is 6.20 Å². The Kier molecular flexibility index (Phi) is 4.31. The largest absolute Gasteiger partial charge is 0.370 e. The molecule has 88 valence electrons. The molecule has 0 bridgehead atoms. The zero-order chi connectivity index (χ0) is 12.1. The van der Waals surface area contributed by atoms with E-state index in [-0.39, 0.29) is 0 Å². The van der Waals surface area contributed by atoms with Crippen LogP contribution in [0.1, 0.15) is 11.3 Å². The fraction of sp³-hybridized carbons (Fsp3) is 0.167. The number of ether oxygens (including phenoxy) is 1. The summed E-state index contributed by atoms with van der Waals surface area (Å²) < 4.78 is 5.50. The van der Waals surface area contributed by atoms with Crippen LogP contribution >= 0.6 is 23.2 Å². The quantitative estimate of drug-likeness (QED) is 0.852. The van der Waals surface area contributed by atoms with Crippen LogP contribution in [0.15, 0.2) is 36.7 Å². The Labute approximate surface area is 109 Å². The molecule has 0 unspecified atom stereocenters. The molecule has 3 nitrogen and oxygen atoms in total. The van der Waals surface area contributed by atoms with Crippen LogP contribution in [0.4, 0.5) is 0 Å². The Morgan fingerprint density at radius 2 is 1.94 bits per heavy atom. The minimum Gasteiger partial charge on any atom is -0.370 e. The molecule has 0 amide bonds. The molecule has 2 aromatic rings. The summed E-state index contributed by atoms with van der Waals surface area (Å²) in [4.78, 5) is 8.00. The fourth-order valence-electron chi connectivity index (χ4n) is 1.31. The molecule has 0 aliphatic heterocycles. The molecule has 5 heteroatoms. The zero-order valence-electron chi connectivity index (χ0n) is 8.94. The van der Waals surface area contributed by atoms with Crippen molar-refractivity contribution in [3.63, 3.8) is 0 Å². The maximum atomic E-state index is 5.87. The summed E-state index contributed by atoms with van der Waals surface area (Å²) in [5.41, 5.74) is 1.77. The highest BCUT2D eigenvalue weighted by atomic mass is 35.5. The number of benzene rings is 1. The normalized spacial score (nSPS) is 10.5. The van der Waals surface area contributed by atoms with Crippen LogP contribution in [0.2, 0.25) is 10.2 Å². The van der Waals surface area contributed by atoms with Crippen molar-refractivity contribution < 1.29 is 4.74 Å². The first-order valence-corrected chi connectivity index (χ1v) is 5.78. The number of hydrogen-bond donors (Lipinski definition) is 0. The average Bonchev–Trinajstić information content (AvgIpc) is 2.32. The van der Waals surface area contributed by atoms with Gasteiger partial charge in [-0.2, -0.15) is 0 Å². The van der Waals surface area contributed by atoms with Gasteiger partial charge in [-0.1, -0.05) is 35.3 Å². The van der Waals surface area contributed by atoms with E-state index >= 15 is 0 Å². The predicted octanol–water partition coefficient (Wildman–Crippen LogP) is 3.50. The third kappa shape index (κ3) is 3.97. The van der Waals surface area contributed by atoms with E-state index in [1.54, 1.807) is 6.20 Å². The van der Waals surface area contributed by atoms with Crippen molar-refractivity contribution in [3.8, 4) is 0 Å². The second-order valence-electron chi connectivity index (χ2n) is 3.45. The third-order valence-electron chi connectivity index (χ3n) is 2.08. The molecule has 0 radical (unpaired) electrons. The van der Waals surface area contributed by atoms with Crippen LogP contribution in [-0.2, 0) is 18.0 Å². The van der Waals surface area contributed by atoms with E-state index in [0.29, 0.717) is 23.4 Å². The van der Waals surface area contributed by atoms with Gasteiger partial charge in [0.1, 0.15) is 5.15 Å². The highest BCUT2D eigenvalue weighted by molar-refractivity contribution is 6.30. The van der Waals surface area contributed by atoms with Crippen molar-refractivity contribution in [3.05, 3.63) is 58.1 Å². The van der Waals surface area contributed by atoms with Crippen LogP contribution < -0.4 is 0 Å². The van der Waals surface area contributed by atoms with E-state index in [4.69, 9.17) is 27.9 Å². The van der Waals surface area contributed by atoms with E-state index in [2.05, 4.69) is 9.97 Å². The minimum atomic E-state index is 0.378. The molecule has 0 fully saturated rings. The molecular formula is C12H10Cl2N2O. The van der Waals surface area contributed by atoms with Gasteiger partial charge in [-0.05, 0) is 17.7 Å². The van der Waals surface area contributed by atoms with Crippen LogP contribution in [-0.4, -0.2) is 9.97 Å². The van der Waals surface area contributed by atoms with Crippen LogP contribution in [0, 0.1) is 0 Å². The Bertz CT molecular complexity index is 488. The first-order valence-electron chi connectivity index (χ1n) is 5.02. The lowest BCUT2D eigenvalue weighted by Gasteiger charge is -2.04. The lowest BCUT2D eigenvalue weighted by molar-refractivity contribution is 0.104. The van der Waals surface area contributed by atoms with Gasteiger partial charge in [-0.25, -0.2) is 4.98 Å². The molecule has 0 N–H and O–H groups in total. The second kappa shape index (κ2) is 5.96. The highest BCUT2D eigenvalue weighted by Crippen LogP contribution is 2.12. The second-order valence-corrected chi connectivity index (χ2v) is 4.28. The molecule has 0 aliphatic rings. The molecule has 1 aromatic heterocycles. The van der Waals surface area contributed by atoms with Crippen molar-refractivity contribution in [2.75, 3.05) is 0 Å². The van der Waals surface area contributed by atoms with Gasteiger partial charge in [-0.3, -0.25) is 4.98 Å². The van der Waals surface area contributed by atoms with Gasteiger partial charge < -0.3 is 4.74 Å². The molecule has 1 heterocycles. The Morgan fingerprint density at radius 1 is 1.06 bits per heavy atom. The van der Waals surface area contributed by atoms with Crippen molar-refractivity contribution in [2.45, 2.75) is 13.2 Å². The van der Waals surface area contributed by atoms with Gasteiger partial charge in [0.2, 0.25) is 0 Å². The summed E-state index contributed by atoms with van der Waals surface area (Å²) in [7, 11) is 0. The van der Waals surface area contributed by atoms with Gasteiger partial charge in [0.15, 0.2) is 0 Å². The number of rotatable bonds is 4. The van der Waals surface area contributed by atoms with Crippen LogP contribution in [0.5, 0.6) is 0 Å². The maximum absolute atomic E-state index is 5.87. The lowest BCUT2D eigenvalue weighted by atomic mass is 10.2. The van der Waals surface area contributed by atoms with Gasteiger partial charge in [0.25, 0.3) is 0 Å². The Morgan fingerprint density at radius 3 is 2.65 bits per heavy atom. The summed E-state index contributed by atoms with van der Waals surface area (Å²) in [5.74, 6) is 0. The number of aromatic nitrogens is 2. The number of hydrogen-bond acceptors (Lipinski definition) is 3. The Balaban J connectivity index is 1.85. The highest BCUT2D eigenvalue weighted by Gasteiger charge is 1.98. The van der Waals surface area contributed by atoms with E-state index in [0.717, 1.165) is 11.3 Å². The molecule has 0 spiro atoms. The maximum Gasteiger partial charge on any atom is 0.147 e. The average molecular weight is 269 g/mol. The molecular weight excluding hydrogens is 259 g/mol. The summed E-state index contributed by atoms with van der Waals surface area (Å²) in [6.07, 6.45) is 3.10. The topological polar surface area (TPSA) is 35.0 Å². The smallest absolute Gasteiger partial charge is 0.147 e. The predicted molar refractivity (Wildman–Crippen MR) is 67.0 cm³/mol. The first kappa shape index (κ1) is 12.3. The lowest BCUT2D eigenvalue weighted by Crippen LogP contribution is -1.97. The van der Waals surface area contributed by atoms with Crippen molar-refractivity contribution in [2.24, 2.45) is 0 Å². The zero-order valence-corrected chi connectivity index (χ0v) is 10.4. The van der Waals surface area contributed by atoms with Gasteiger partial charge in [-0.15, -0.1) is 0 Å². The molecule has 2 rings (SSSR count). The standard InChI is InChI=1S/C12H10Cl2N2O/c13-10-3-1-2-9(4-10)7-17-8-11-5-16-12(14)6-15-11/h1-6H,7-8H2. The minimum absolute atomic E-state index is 0.378. The molecule has 0 saturated carbocycles. The van der Waals surface area contributed by atoms with Gasteiger partial charge in [0.05, 0.1) is 31.3 Å². The monoisotopic (exact) mass is 268 g/mol. The SMILES string of the molecule is Clc1cccc(COCc2cnc(Cl)cn2)c1. The fourth-order valence-corrected chi connectivity index (χ4v) is 1.62. The van der Waals surface area contributed by atoms with Crippen LogP contribution in [0.25, 0.3) is 0 Å². The third-order valence-corrected chi connectivity index (χ3v) is 2.51. The van der Waals surface area contributed by atoms with Crippen molar-refractivity contribution >= 4 is 23.2 Å². The summed E-state index contributed by atoms with van der Waals surface area (Å²) in [5, 5.41) is 1.08. The summed E-state index contributed by atoms with van der Waals surface area (Å²) >= 11 is 11.5. The Hall–Kier alpha value is -1.16. The molecule has 0 atom stereocenters. The molecule has 0 aliphatic carbocycles. The van der Waals surface area contributed by atoms with Crippen LogP contribution in [0.3, 0.4) is 0 Å². The van der Waals surface area contributed by atoms with E-state index < -0.39 is 0 Å². The van der Waals surface area contributed by atoms with Crippen molar-refractivity contribution in [1.82, 2.24) is 9.97 Å². The van der Waals surface area contributed by atoms with Gasteiger partial charge in [0, 0.05) is 5.02 Å². The molecule has 17 heavy (non-hydrogen) atoms. The molecule has 0 saturated heterocycles. The van der Waals surface area contributed by atoms with Crippen molar-refractivity contribution in [1.29, 1.82) is 0 Å². The first-order chi connectivity index (χ1) is 8.24. The number of halogens is 2. The summed E-state index contributed by atoms with van der Waals surface area (Å²) in [6, 6.07) is 7.55. The summed E-state index contributed by atoms with van der Waals surface area (Å²) in [6.45, 7) is 0.890. The van der Waals surface area contributed by atoms with E-state index in [9.17, 15) is 0 Å².